The van der Waals surface area contributed by atoms with Crippen molar-refractivity contribution in [2.24, 2.45) is 5.92 Å². The monoisotopic (exact) mass is 213 g/mol. The van der Waals surface area contributed by atoms with Crippen molar-refractivity contribution >= 4 is 0 Å². The van der Waals surface area contributed by atoms with Crippen molar-refractivity contribution in [2.75, 3.05) is 14.1 Å². The molecule has 0 amide bonds. The van der Waals surface area contributed by atoms with E-state index in [9.17, 15) is 0 Å². The molecule has 0 spiro atoms. The fourth-order valence-electron chi connectivity index (χ4n) is 3.64. The molecule has 0 N–H and O–H groups in total. The predicted octanol–water partition coefficient (Wildman–Crippen LogP) is 2.97. The summed E-state index contributed by atoms with van der Waals surface area (Å²) in [7, 11) is 4.46. The Kier molecular flexibility index (Phi) is 2.18. The number of benzene rings is 1. The number of allylic oxidation sites excluding steroid dienone is 1. The van der Waals surface area contributed by atoms with E-state index in [0.717, 1.165) is 5.92 Å². The zero-order valence-corrected chi connectivity index (χ0v) is 10.1. The average Bonchev–Trinajstić information content (AvgIpc) is 2.64. The third-order valence-electron chi connectivity index (χ3n) is 4.44. The number of hydrogen-bond acceptors (Lipinski definition) is 1. The van der Waals surface area contributed by atoms with E-state index in [1.54, 1.807) is 11.1 Å². The van der Waals surface area contributed by atoms with Gasteiger partial charge in [0.15, 0.2) is 0 Å². The molecule has 84 valence electrons. The first-order valence-corrected chi connectivity index (χ1v) is 6.16. The van der Waals surface area contributed by atoms with Crippen molar-refractivity contribution in [1.82, 2.24) is 4.90 Å². The lowest BCUT2D eigenvalue weighted by molar-refractivity contribution is 0.0875. The second kappa shape index (κ2) is 3.46. The Morgan fingerprint density at radius 3 is 2.81 bits per heavy atom. The van der Waals surface area contributed by atoms with Crippen molar-refractivity contribution in [3.05, 3.63) is 47.5 Å². The summed E-state index contributed by atoms with van der Waals surface area (Å²) in [6, 6.07) is 8.99. The van der Waals surface area contributed by atoms with Gasteiger partial charge in [-0.25, -0.2) is 0 Å². The molecule has 1 nitrogen and oxygen atoms in total. The minimum atomic E-state index is 0.269. The number of nitrogens with zero attached hydrogens (tertiary/aromatic N) is 1. The molecule has 2 aliphatic carbocycles. The van der Waals surface area contributed by atoms with Gasteiger partial charge in [-0.3, -0.25) is 4.90 Å². The molecule has 0 aliphatic heterocycles. The molecule has 1 aromatic carbocycles. The Morgan fingerprint density at radius 2 is 2.00 bits per heavy atom. The van der Waals surface area contributed by atoms with Crippen LogP contribution in [0.1, 0.15) is 24.0 Å². The average molecular weight is 213 g/mol. The van der Waals surface area contributed by atoms with Crippen LogP contribution in [0.4, 0.5) is 0 Å². The van der Waals surface area contributed by atoms with E-state index in [0.29, 0.717) is 0 Å². The van der Waals surface area contributed by atoms with Gasteiger partial charge in [0, 0.05) is 0 Å². The molecule has 1 aromatic rings. The molecule has 2 aliphatic rings. The Labute approximate surface area is 97.8 Å². The van der Waals surface area contributed by atoms with Gasteiger partial charge in [-0.2, -0.15) is 0 Å². The molecule has 0 radical (unpaired) electrons. The first-order chi connectivity index (χ1) is 7.75. The minimum absolute atomic E-state index is 0.269. The van der Waals surface area contributed by atoms with Crippen LogP contribution in [0.15, 0.2) is 36.4 Å². The number of fused-ring (bicyclic) bond motifs is 3. The highest BCUT2D eigenvalue weighted by atomic mass is 15.2. The predicted molar refractivity (Wildman–Crippen MR) is 67.4 cm³/mol. The molecule has 0 heterocycles. The smallest absolute Gasteiger partial charge is 0.0526 e. The first-order valence-electron chi connectivity index (χ1n) is 6.16. The van der Waals surface area contributed by atoms with Gasteiger partial charge in [-0.05, 0) is 50.4 Å². The topological polar surface area (TPSA) is 3.24 Å². The van der Waals surface area contributed by atoms with E-state index in [-0.39, 0.29) is 5.54 Å². The van der Waals surface area contributed by atoms with Gasteiger partial charge < -0.3 is 0 Å². The highest BCUT2D eigenvalue weighted by Gasteiger charge is 2.47. The van der Waals surface area contributed by atoms with Crippen LogP contribution < -0.4 is 0 Å². The third kappa shape index (κ3) is 1.15. The van der Waals surface area contributed by atoms with E-state index in [2.05, 4.69) is 55.4 Å². The van der Waals surface area contributed by atoms with Crippen LogP contribution in [0, 0.1) is 5.92 Å². The van der Waals surface area contributed by atoms with Gasteiger partial charge in [0.2, 0.25) is 0 Å². The van der Waals surface area contributed by atoms with E-state index in [1.165, 1.54) is 19.3 Å². The quantitative estimate of drug-likeness (QED) is 0.648. The third-order valence-corrected chi connectivity index (χ3v) is 4.44. The van der Waals surface area contributed by atoms with Crippen LogP contribution in [0.2, 0.25) is 0 Å². The standard InChI is InChI=1S/C15H19N/c1-16(2)15-10-6-5-8-13(15)11-12-7-3-4-9-14(12)15/h3-7,9,13H,8,10-11H2,1-2H3. The number of hydrogen-bond donors (Lipinski definition) is 0. The van der Waals surface area contributed by atoms with Gasteiger partial charge in [-0.15, -0.1) is 0 Å². The second-order valence-corrected chi connectivity index (χ2v) is 5.29. The molecule has 1 heteroatoms. The fourth-order valence-corrected chi connectivity index (χ4v) is 3.64. The summed E-state index contributed by atoms with van der Waals surface area (Å²) in [6.45, 7) is 0. The molecule has 16 heavy (non-hydrogen) atoms. The largest absolute Gasteiger partial charge is 0.299 e. The van der Waals surface area contributed by atoms with E-state index < -0.39 is 0 Å². The van der Waals surface area contributed by atoms with Crippen molar-refractivity contribution in [1.29, 1.82) is 0 Å². The van der Waals surface area contributed by atoms with Gasteiger partial charge >= 0.3 is 0 Å². The lowest BCUT2D eigenvalue weighted by atomic mass is 9.75. The summed E-state index contributed by atoms with van der Waals surface area (Å²) < 4.78 is 0. The molecule has 0 saturated heterocycles. The zero-order valence-electron chi connectivity index (χ0n) is 10.1. The van der Waals surface area contributed by atoms with E-state index in [1.807, 2.05) is 0 Å². The van der Waals surface area contributed by atoms with Crippen LogP contribution in [0.25, 0.3) is 0 Å². The van der Waals surface area contributed by atoms with Crippen molar-refractivity contribution < 1.29 is 0 Å². The summed E-state index contributed by atoms with van der Waals surface area (Å²) in [5.41, 5.74) is 3.39. The van der Waals surface area contributed by atoms with Crippen LogP contribution in [-0.4, -0.2) is 19.0 Å². The minimum Gasteiger partial charge on any atom is -0.299 e. The Bertz CT molecular complexity index is 433. The summed E-state index contributed by atoms with van der Waals surface area (Å²) in [5.74, 6) is 0.768. The van der Waals surface area contributed by atoms with Gasteiger partial charge in [0.25, 0.3) is 0 Å². The second-order valence-electron chi connectivity index (χ2n) is 5.29. The summed E-state index contributed by atoms with van der Waals surface area (Å²) in [6.07, 6.45) is 8.37. The van der Waals surface area contributed by atoms with E-state index in [4.69, 9.17) is 0 Å². The number of rotatable bonds is 1. The molecule has 0 fully saturated rings. The van der Waals surface area contributed by atoms with Crippen molar-refractivity contribution in [2.45, 2.75) is 24.8 Å². The maximum atomic E-state index is 2.44. The Hall–Kier alpha value is -1.08. The Morgan fingerprint density at radius 1 is 1.19 bits per heavy atom. The molecule has 3 rings (SSSR count). The molecular weight excluding hydrogens is 194 g/mol. The summed E-state index contributed by atoms with van der Waals surface area (Å²) >= 11 is 0. The fraction of sp³-hybridized carbons (Fsp3) is 0.467. The molecule has 2 atom stereocenters. The molecule has 0 saturated carbocycles. The Balaban J connectivity index is 2.17. The molecule has 0 aromatic heterocycles. The zero-order chi connectivity index (χ0) is 11.2. The van der Waals surface area contributed by atoms with Crippen molar-refractivity contribution in [3.8, 4) is 0 Å². The lowest BCUT2D eigenvalue weighted by Gasteiger charge is -2.43. The maximum Gasteiger partial charge on any atom is 0.0526 e. The van der Waals surface area contributed by atoms with Gasteiger partial charge in [-0.1, -0.05) is 36.4 Å². The van der Waals surface area contributed by atoms with Crippen LogP contribution in [0.3, 0.4) is 0 Å². The molecular formula is C15H19N. The van der Waals surface area contributed by atoms with Gasteiger partial charge in [0.05, 0.1) is 5.54 Å². The lowest BCUT2D eigenvalue weighted by Crippen LogP contribution is -2.45. The first kappa shape index (κ1) is 10.1. The summed E-state index contributed by atoms with van der Waals surface area (Å²) in [5, 5.41) is 0. The SMILES string of the molecule is CN(C)C12CC=CCC1Cc1ccccc12. The van der Waals surface area contributed by atoms with Crippen molar-refractivity contribution in [3.63, 3.8) is 0 Å². The van der Waals surface area contributed by atoms with E-state index >= 15 is 0 Å². The van der Waals surface area contributed by atoms with Gasteiger partial charge in [0.1, 0.15) is 0 Å². The highest BCUT2D eigenvalue weighted by Crippen LogP contribution is 2.50. The summed E-state index contributed by atoms with van der Waals surface area (Å²) in [4.78, 5) is 2.44. The molecule has 0 bridgehead atoms. The van der Waals surface area contributed by atoms with Crippen LogP contribution in [0.5, 0.6) is 0 Å². The van der Waals surface area contributed by atoms with Crippen LogP contribution in [-0.2, 0) is 12.0 Å². The highest BCUT2D eigenvalue weighted by molar-refractivity contribution is 5.42. The molecule has 2 unspecified atom stereocenters. The van der Waals surface area contributed by atoms with Crippen LogP contribution >= 0.6 is 0 Å². The maximum absolute atomic E-state index is 2.44. The normalized spacial score (nSPS) is 31.6.